The van der Waals surface area contributed by atoms with E-state index in [9.17, 15) is 5.11 Å². The Kier molecular flexibility index (Phi) is 4.03. The van der Waals surface area contributed by atoms with Gasteiger partial charge >= 0.3 is 0 Å². The Balaban J connectivity index is 1.79. The van der Waals surface area contributed by atoms with Gasteiger partial charge in [-0.15, -0.1) is 0 Å². The second kappa shape index (κ2) is 5.95. The Hall–Kier alpha value is -1.72. The van der Waals surface area contributed by atoms with E-state index in [2.05, 4.69) is 9.55 Å². The lowest BCUT2D eigenvalue weighted by molar-refractivity contribution is 0.270. The molecule has 3 rings (SSSR count). The van der Waals surface area contributed by atoms with Gasteiger partial charge in [0.2, 0.25) is 0 Å². The molecule has 21 heavy (non-hydrogen) atoms. The summed E-state index contributed by atoms with van der Waals surface area (Å²) in [5.74, 6) is 1.00. The molecular formula is C15H17ClN2O3. The highest BCUT2D eigenvalue weighted by Gasteiger charge is 2.25. The van der Waals surface area contributed by atoms with Crippen molar-refractivity contribution in [2.75, 3.05) is 7.11 Å². The van der Waals surface area contributed by atoms with Gasteiger partial charge in [-0.3, -0.25) is 0 Å². The minimum atomic E-state index is -0.0924. The largest absolute Gasteiger partial charge is 0.493 e. The first-order chi connectivity index (χ1) is 10.2. The highest BCUT2D eigenvalue weighted by Crippen LogP contribution is 2.38. The van der Waals surface area contributed by atoms with Crippen molar-refractivity contribution in [3.63, 3.8) is 0 Å². The minimum Gasteiger partial charge on any atom is -0.493 e. The van der Waals surface area contributed by atoms with Crippen LogP contribution in [0.1, 0.15) is 30.1 Å². The van der Waals surface area contributed by atoms with E-state index in [0.29, 0.717) is 34.7 Å². The molecule has 0 aliphatic heterocycles. The number of nitrogens with zero attached hydrogens (tertiary/aromatic N) is 2. The van der Waals surface area contributed by atoms with E-state index < -0.39 is 0 Å². The molecule has 1 heterocycles. The summed E-state index contributed by atoms with van der Waals surface area (Å²) >= 11 is 6.21. The monoisotopic (exact) mass is 308 g/mol. The molecule has 0 saturated heterocycles. The zero-order valence-electron chi connectivity index (χ0n) is 11.8. The summed E-state index contributed by atoms with van der Waals surface area (Å²) in [6, 6.07) is 3.96. The van der Waals surface area contributed by atoms with Gasteiger partial charge < -0.3 is 19.1 Å². The van der Waals surface area contributed by atoms with E-state index in [1.165, 1.54) is 12.8 Å². The Morgan fingerprint density at radius 3 is 2.90 bits per heavy atom. The van der Waals surface area contributed by atoms with Gasteiger partial charge in [0.25, 0.3) is 0 Å². The number of rotatable bonds is 6. The lowest BCUT2D eigenvalue weighted by Gasteiger charge is -2.14. The molecule has 1 fully saturated rings. The van der Waals surface area contributed by atoms with Crippen molar-refractivity contribution in [3.05, 3.63) is 40.9 Å². The molecule has 6 heteroatoms. The molecule has 112 valence electrons. The molecule has 1 aromatic heterocycles. The lowest BCUT2D eigenvalue weighted by atomic mass is 10.2. The Bertz CT molecular complexity index is 638. The normalized spacial score (nSPS) is 14.2. The van der Waals surface area contributed by atoms with E-state index in [0.717, 1.165) is 5.69 Å². The Morgan fingerprint density at radius 1 is 1.43 bits per heavy atom. The summed E-state index contributed by atoms with van der Waals surface area (Å²) in [4.78, 5) is 4.17. The molecule has 0 amide bonds. The number of halogens is 1. The third-order valence-electron chi connectivity index (χ3n) is 3.52. The summed E-state index contributed by atoms with van der Waals surface area (Å²) in [7, 11) is 1.55. The molecule has 1 saturated carbocycles. The SMILES string of the molecule is COc1cc(CO)cc(Cl)c1OCc1cncn1C1CC1. The number of aromatic nitrogens is 2. The third kappa shape index (κ3) is 2.99. The smallest absolute Gasteiger partial charge is 0.180 e. The number of aliphatic hydroxyl groups is 1. The van der Waals surface area contributed by atoms with Gasteiger partial charge in [-0.2, -0.15) is 0 Å². The summed E-state index contributed by atoms with van der Waals surface area (Å²) in [6.07, 6.45) is 6.03. The summed E-state index contributed by atoms with van der Waals surface area (Å²) in [6.45, 7) is 0.288. The van der Waals surface area contributed by atoms with Crippen molar-refractivity contribution in [2.45, 2.75) is 32.1 Å². The van der Waals surface area contributed by atoms with E-state index in [4.69, 9.17) is 21.1 Å². The number of benzene rings is 1. The van der Waals surface area contributed by atoms with Gasteiger partial charge in [0, 0.05) is 6.04 Å². The van der Waals surface area contributed by atoms with Crippen LogP contribution in [0.15, 0.2) is 24.7 Å². The van der Waals surface area contributed by atoms with Gasteiger partial charge in [0.15, 0.2) is 11.5 Å². The number of hydrogen-bond acceptors (Lipinski definition) is 4. The van der Waals surface area contributed by atoms with E-state index in [-0.39, 0.29) is 6.61 Å². The molecule has 0 spiro atoms. The molecule has 1 aliphatic carbocycles. The van der Waals surface area contributed by atoms with Gasteiger partial charge in [-0.05, 0) is 30.5 Å². The molecule has 2 aromatic rings. The van der Waals surface area contributed by atoms with E-state index >= 15 is 0 Å². The first-order valence-electron chi connectivity index (χ1n) is 6.83. The lowest BCUT2D eigenvalue weighted by Crippen LogP contribution is -2.05. The van der Waals surface area contributed by atoms with Crippen molar-refractivity contribution in [2.24, 2.45) is 0 Å². The van der Waals surface area contributed by atoms with Gasteiger partial charge in [-0.1, -0.05) is 11.6 Å². The van der Waals surface area contributed by atoms with Crippen molar-refractivity contribution >= 4 is 11.6 Å². The number of hydrogen-bond donors (Lipinski definition) is 1. The van der Waals surface area contributed by atoms with Gasteiger partial charge in [0.1, 0.15) is 6.61 Å². The summed E-state index contributed by atoms with van der Waals surface area (Å²) < 4.78 is 13.2. The Labute approximate surface area is 128 Å². The van der Waals surface area contributed by atoms with Crippen LogP contribution in [0.25, 0.3) is 0 Å². The summed E-state index contributed by atoms with van der Waals surface area (Å²) in [5, 5.41) is 9.62. The zero-order chi connectivity index (χ0) is 14.8. The van der Waals surface area contributed by atoms with Crippen LogP contribution in [0, 0.1) is 0 Å². The van der Waals surface area contributed by atoms with Crippen molar-refractivity contribution in [1.82, 2.24) is 9.55 Å². The predicted molar refractivity (Wildman–Crippen MR) is 78.8 cm³/mol. The maximum Gasteiger partial charge on any atom is 0.180 e. The van der Waals surface area contributed by atoms with Crippen LogP contribution < -0.4 is 9.47 Å². The molecule has 0 atom stereocenters. The van der Waals surface area contributed by atoms with Crippen LogP contribution in [-0.2, 0) is 13.2 Å². The fourth-order valence-electron chi connectivity index (χ4n) is 2.28. The minimum absolute atomic E-state index is 0.0924. The molecule has 0 unspecified atom stereocenters. The zero-order valence-corrected chi connectivity index (χ0v) is 12.5. The van der Waals surface area contributed by atoms with Crippen LogP contribution in [0.4, 0.5) is 0 Å². The first-order valence-corrected chi connectivity index (χ1v) is 7.21. The average Bonchev–Trinajstić information content (AvgIpc) is 3.24. The standard InChI is InChI=1S/C15H17ClN2O3/c1-20-14-5-10(7-19)4-13(16)15(14)21-8-12-6-17-9-18(12)11-2-3-11/h4-6,9,11,19H,2-3,7-8H2,1H3. The summed E-state index contributed by atoms with van der Waals surface area (Å²) in [5.41, 5.74) is 1.70. The van der Waals surface area contributed by atoms with E-state index in [1.807, 2.05) is 6.33 Å². The molecule has 1 N–H and O–H groups in total. The molecular weight excluding hydrogens is 292 g/mol. The molecule has 1 aliphatic rings. The van der Waals surface area contributed by atoms with Crippen molar-refractivity contribution < 1.29 is 14.6 Å². The first kappa shape index (κ1) is 14.2. The second-order valence-electron chi connectivity index (χ2n) is 5.08. The maximum atomic E-state index is 9.19. The fourth-order valence-corrected chi connectivity index (χ4v) is 2.56. The second-order valence-corrected chi connectivity index (χ2v) is 5.49. The highest BCUT2D eigenvalue weighted by atomic mass is 35.5. The highest BCUT2D eigenvalue weighted by molar-refractivity contribution is 6.32. The van der Waals surface area contributed by atoms with Crippen molar-refractivity contribution in [1.29, 1.82) is 0 Å². The quantitative estimate of drug-likeness (QED) is 0.891. The molecule has 0 bridgehead atoms. The number of imidazole rings is 1. The van der Waals surface area contributed by atoms with Gasteiger partial charge in [-0.25, -0.2) is 4.98 Å². The van der Waals surface area contributed by atoms with E-state index in [1.54, 1.807) is 25.4 Å². The van der Waals surface area contributed by atoms with Crippen LogP contribution >= 0.6 is 11.6 Å². The number of methoxy groups -OCH3 is 1. The molecule has 0 radical (unpaired) electrons. The fraction of sp³-hybridized carbons (Fsp3) is 0.400. The Morgan fingerprint density at radius 2 is 2.24 bits per heavy atom. The third-order valence-corrected chi connectivity index (χ3v) is 3.80. The van der Waals surface area contributed by atoms with Crippen molar-refractivity contribution in [3.8, 4) is 11.5 Å². The van der Waals surface area contributed by atoms with Crippen LogP contribution in [0.2, 0.25) is 5.02 Å². The average molecular weight is 309 g/mol. The number of ether oxygens (including phenoxy) is 2. The van der Waals surface area contributed by atoms with Gasteiger partial charge in [0.05, 0.1) is 37.0 Å². The topological polar surface area (TPSA) is 56.5 Å². The van der Waals surface area contributed by atoms with Crippen LogP contribution in [-0.4, -0.2) is 21.8 Å². The van der Waals surface area contributed by atoms with Crippen LogP contribution in [0.5, 0.6) is 11.5 Å². The van der Waals surface area contributed by atoms with Crippen LogP contribution in [0.3, 0.4) is 0 Å². The predicted octanol–water partition coefficient (Wildman–Crippen LogP) is 2.95. The number of aliphatic hydroxyl groups excluding tert-OH is 1. The molecule has 5 nitrogen and oxygen atoms in total. The molecule has 1 aromatic carbocycles. The maximum absolute atomic E-state index is 9.19.